The first-order valence-electron chi connectivity index (χ1n) is 7.43. The number of nitrogen functional groups attached to an aromatic ring is 1. The summed E-state index contributed by atoms with van der Waals surface area (Å²) in [6.07, 6.45) is 2.51. The SMILES string of the molecule is CCNC(=O)c1sc(NCC2(C(C)C)CC2)c(OC)c1N. The molecule has 118 valence electrons. The van der Waals surface area contributed by atoms with Crippen LogP contribution in [0.15, 0.2) is 0 Å². The van der Waals surface area contributed by atoms with Crippen molar-refractivity contribution in [2.75, 3.05) is 31.2 Å². The lowest BCUT2D eigenvalue weighted by Crippen LogP contribution is -2.22. The fraction of sp³-hybridized carbons (Fsp3) is 0.667. The molecule has 5 nitrogen and oxygen atoms in total. The zero-order valence-electron chi connectivity index (χ0n) is 13.2. The first-order chi connectivity index (χ1) is 9.95. The second kappa shape index (κ2) is 6.13. The number of rotatable bonds is 7. The topological polar surface area (TPSA) is 76.4 Å². The number of thiophene rings is 1. The maximum Gasteiger partial charge on any atom is 0.263 e. The van der Waals surface area contributed by atoms with E-state index in [1.54, 1.807) is 7.11 Å². The van der Waals surface area contributed by atoms with Crippen LogP contribution in [0, 0.1) is 11.3 Å². The zero-order valence-corrected chi connectivity index (χ0v) is 14.0. The fourth-order valence-electron chi connectivity index (χ4n) is 2.53. The molecule has 1 heterocycles. The lowest BCUT2D eigenvalue weighted by molar-refractivity contribution is 0.0960. The van der Waals surface area contributed by atoms with Crippen molar-refractivity contribution in [2.45, 2.75) is 33.6 Å². The van der Waals surface area contributed by atoms with Crippen molar-refractivity contribution in [3.05, 3.63) is 4.88 Å². The number of hydrogen-bond acceptors (Lipinski definition) is 5. The Balaban J connectivity index is 2.15. The Labute approximate surface area is 130 Å². The maximum absolute atomic E-state index is 12.0. The average molecular weight is 311 g/mol. The van der Waals surface area contributed by atoms with Gasteiger partial charge in [-0.05, 0) is 31.1 Å². The molecule has 0 spiro atoms. The molecule has 6 heteroatoms. The molecule has 21 heavy (non-hydrogen) atoms. The highest BCUT2D eigenvalue weighted by Crippen LogP contribution is 2.52. The van der Waals surface area contributed by atoms with Crippen LogP contribution in [0.5, 0.6) is 5.75 Å². The largest absolute Gasteiger partial charge is 0.492 e. The first-order valence-corrected chi connectivity index (χ1v) is 8.25. The molecule has 0 aliphatic heterocycles. The third-order valence-corrected chi connectivity index (χ3v) is 5.51. The van der Waals surface area contributed by atoms with Crippen LogP contribution in [0.3, 0.4) is 0 Å². The van der Waals surface area contributed by atoms with Crippen molar-refractivity contribution in [3.8, 4) is 5.75 Å². The second-order valence-corrected chi connectivity index (χ2v) is 6.96. The van der Waals surface area contributed by atoms with E-state index in [0.29, 0.717) is 34.2 Å². The van der Waals surface area contributed by atoms with Crippen LogP contribution in [-0.4, -0.2) is 26.1 Å². The van der Waals surface area contributed by atoms with E-state index in [-0.39, 0.29) is 5.91 Å². The van der Waals surface area contributed by atoms with Gasteiger partial charge in [0, 0.05) is 13.1 Å². The number of nitrogens with one attached hydrogen (secondary N) is 2. The van der Waals surface area contributed by atoms with Gasteiger partial charge >= 0.3 is 0 Å². The van der Waals surface area contributed by atoms with E-state index in [2.05, 4.69) is 24.5 Å². The molecule has 0 atom stereocenters. The molecular formula is C15H25N3O2S. The smallest absolute Gasteiger partial charge is 0.263 e. The summed E-state index contributed by atoms with van der Waals surface area (Å²) >= 11 is 1.37. The van der Waals surface area contributed by atoms with Gasteiger partial charge in [0.25, 0.3) is 5.91 Å². The lowest BCUT2D eigenvalue weighted by Gasteiger charge is -2.20. The number of anilines is 2. The minimum atomic E-state index is -0.142. The summed E-state index contributed by atoms with van der Waals surface area (Å²) in [5.41, 5.74) is 6.85. The van der Waals surface area contributed by atoms with Gasteiger partial charge in [-0.2, -0.15) is 0 Å². The highest BCUT2D eigenvalue weighted by molar-refractivity contribution is 7.19. The van der Waals surface area contributed by atoms with Gasteiger partial charge in [-0.3, -0.25) is 4.79 Å². The average Bonchev–Trinajstić information content (AvgIpc) is 3.16. The molecule has 0 saturated heterocycles. The monoisotopic (exact) mass is 311 g/mol. The Morgan fingerprint density at radius 3 is 2.62 bits per heavy atom. The normalized spacial score (nSPS) is 15.9. The van der Waals surface area contributed by atoms with Crippen LogP contribution in [0.4, 0.5) is 10.7 Å². The quantitative estimate of drug-likeness (QED) is 0.723. The lowest BCUT2D eigenvalue weighted by atomic mass is 9.92. The van der Waals surface area contributed by atoms with Crippen LogP contribution >= 0.6 is 11.3 Å². The number of carbonyl (C=O) groups is 1. The Kier molecular flexibility index (Phi) is 4.66. The van der Waals surface area contributed by atoms with E-state index < -0.39 is 0 Å². The standard InChI is InChI=1S/C15H25N3O2S/c1-5-17-13(19)12-10(16)11(20-4)14(21-12)18-8-15(6-7-15)9(2)3/h9,18H,5-8,16H2,1-4H3,(H,17,19). The molecular weight excluding hydrogens is 286 g/mol. The molecule has 2 rings (SSSR count). The van der Waals surface area contributed by atoms with E-state index in [1.165, 1.54) is 24.2 Å². The summed E-state index contributed by atoms with van der Waals surface area (Å²) < 4.78 is 5.37. The molecule has 0 aromatic carbocycles. The number of methoxy groups -OCH3 is 1. The molecule has 1 aromatic heterocycles. The molecule has 0 radical (unpaired) electrons. The van der Waals surface area contributed by atoms with Crippen molar-refractivity contribution in [3.63, 3.8) is 0 Å². The molecule has 1 amide bonds. The van der Waals surface area contributed by atoms with Crippen LogP contribution in [0.1, 0.15) is 43.3 Å². The summed E-state index contributed by atoms with van der Waals surface area (Å²) in [6.45, 7) is 7.88. The summed E-state index contributed by atoms with van der Waals surface area (Å²) in [7, 11) is 1.58. The van der Waals surface area contributed by atoms with Gasteiger partial charge in [0.05, 0.1) is 7.11 Å². The van der Waals surface area contributed by atoms with E-state index in [4.69, 9.17) is 10.5 Å². The predicted octanol–water partition coefficient (Wildman–Crippen LogP) is 2.94. The predicted molar refractivity (Wildman–Crippen MR) is 88.3 cm³/mol. The van der Waals surface area contributed by atoms with E-state index in [9.17, 15) is 4.79 Å². The highest BCUT2D eigenvalue weighted by Gasteiger charge is 2.45. The van der Waals surface area contributed by atoms with Crippen molar-refractivity contribution < 1.29 is 9.53 Å². The van der Waals surface area contributed by atoms with Gasteiger partial charge in [0.2, 0.25) is 0 Å². The molecule has 4 N–H and O–H groups in total. The Morgan fingerprint density at radius 1 is 1.48 bits per heavy atom. The van der Waals surface area contributed by atoms with Crippen molar-refractivity contribution in [2.24, 2.45) is 11.3 Å². The minimum absolute atomic E-state index is 0.142. The Bertz CT molecular complexity index is 521. The number of ether oxygens (including phenoxy) is 1. The maximum atomic E-state index is 12.0. The summed E-state index contributed by atoms with van der Waals surface area (Å²) in [5, 5.41) is 7.07. The third kappa shape index (κ3) is 3.10. The van der Waals surface area contributed by atoms with Gasteiger partial charge in [0.1, 0.15) is 15.6 Å². The van der Waals surface area contributed by atoms with E-state index >= 15 is 0 Å². The molecule has 1 fully saturated rings. The molecule has 1 aliphatic carbocycles. The zero-order chi connectivity index (χ0) is 15.6. The van der Waals surface area contributed by atoms with Crippen LogP contribution in [0.2, 0.25) is 0 Å². The second-order valence-electron chi connectivity index (χ2n) is 5.94. The van der Waals surface area contributed by atoms with Gasteiger partial charge < -0.3 is 21.1 Å². The molecule has 0 unspecified atom stereocenters. The Hall–Kier alpha value is -1.43. The number of nitrogens with two attached hydrogens (primary N) is 1. The number of hydrogen-bond donors (Lipinski definition) is 3. The fourth-order valence-corrected chi connectivity index (χ4v) is 3.53. The summed E-state index contributed by atoms with van der Waals surface area (Å²) in [5.74, 6) is 1.09. The van der Waals surface area contributed by atoms with Crippen molar-refractivity contribution in [1.29, 1.82) is 0 Å². The van der Waals surface area contributed by atoms with Gasteiger partial charge in [-0.15, -0.1) is 11.3 Å². The van der Waals surface area contributed by atoms with Crippen LogP contribution < -0.4 is 21.1 Å². The van der Waals surface area contributed by atoms with Gasteiger partial charge in [-0.25, -0.2) is 0 Å². The Morgan fingerprint density at radius 2 is 2.14 bits per heavy atom. The summed E-state index contributed by atoms with van der Waals surface area (Å²) in [4.78, 5) is 12.5. The molecule has 0 bridgehead atoms. The number of carbonyl (C=O) groups excluding carboxylic acids is 1. The minimum Gasteiger partial charge on any atom is -0.492 e. The summed E-state index contributed by atoms with van der Waals surface area (Å²) in [6, 6.07) is 0. The molecule has 1 aromatic rings. The van der Waals surface area contributed by atoms with Crippen molar-refractivity contribution in [1.82, 2.24) is 5.32 Å². The number of amides is 1. The third-order valence-electron chi connectivity index (χ3n) is 4.37. The molecule has 1 aliphatic rings. The van der Waals surface area contributed by atoms with E-state index in [1.807, 2.05) is 6.92 Å². The van der Waals surface area contributed by atoms with Crippen LogP contribution in [0.25, 0.3) is 0 Å². The van der Waals surface area contributed by atoms with Gasteiger partial charge in [-0.1, -0.05) is 13.8 Å². The first kappa shape index (κ1) is 15.9. The van der Waals surface area contributed by atoms with Crippen LogP contribution in [-0.2, 0) is 0 Å². The van der Waals surface area contributed by atoms with Gasteiger partial charge in [0.15, 0.2) is 5.75 Å². The molecule has 1 saturated carbocycles. The van der Waals surface area contributed by atoms with Crippen molar-refractivity contribution >= 4 is 27.9 Å². The van der Waals surface area contributed by atoms with E-state index in [0.717, 1.165) is 11.5 Å². The highest BCUT2D eigenvalue weighted by atomic mass is 32.1.